The van der Waals surface area contributed by atoms with E-state index in [1.54, 1.807) is 0 Å². The summed E-state index contributed by atoms with van der Waals surface area (Å²) in [7, 11) is 0. The Hall–Kier alpha value is -0.610. The topological polar surface area (TPSA) is 47.6 Å². The van der Waals surface area contributed by atoms with Crippen molar-refractivity contribution in [2.24, 2.45) is 0 Å². The maximum Gasteiger partial charge on any atom is 0.326 e. The van der Waals surface area contributed by atoms with Gasteiger partial charge in [-0.1, -0.05) is 26.7 Å². The molecule has 20 heavy (non-hydrogen) atoms. The van der Waals surface area contributed by atoms with Crippen molar-refractivity contribution >= 4 is 5.97 Å². The maximum absolute atomic E-state index is 12.3. The third-order valence-corrected chi connectivity index (χ3v) is 3.99. The van der Waals surface area contributed by atoms with E-state index >= 15 is 0 Å². The molecule has 0 saturated heterocycles. The lowest BCUT2D eigenvalue weighted by atomic mass is 9.80. The lowest BCUT2D eigenvalue weighted by Crippen LogP contribution is -2.56. The molecule has 1 fully saturated rings. The van der Waals surface area contributed by atoms with Crippen LogP contribution < -0.4 is 5.32 Å². The van der Waals surface area contributed by atoms with Gasteiger partial charge in [0.05, 0.1) is 12.7 Å². The molecule has 0 bridgehead atoms. The van der Waals surface area contributed by atoms with Gasteiger partial charge >= 0.3 is 5.97 Å². The smallest absolute Gasteiger partial charge is 0.326 e. The van der Waals surface area contributed by atoms with E-state index in [2.05, 4.69) is 12.2 Å². The zero-order valence-electron chi connectivity index (χ0n) is 13.4. The minimum atomic E-state index is -0.529. The number of rotatable bonds is 9. The summed E-state index contributed by atoms with van der Waals surface area (Å²) in [4.78, 5) is 12.3. The Morgan fingerprint density at radius 1 is 1.30 bits per heavy atom. The van der Waals surface area contributed by atoms with Crippen molar-refractivity contribution in [3.05, 3.63) is 0 Å². The second kappa shape index (κ2) is 9.35. The number of carbonyl (C=O) groups is 1. The summed E-state index contributed by atoms with van der Waals surface area (Å²) >= 11 is 0. The van der Waals surface area contributed by atoms with Gasteiger partial charge in [0.15, 0.2) is 0 Å². The van der Waals surface area contributed by atoms with Gasteiger partial charge in [-0.2, -0.15) is 0 Å². The largest absolute Gasteiger partial charge is 0.465 e. The van der Waals surface area contributed by atoms with E-state index in [-0.39, 0.29) is 12.1 Å². The highest BCUT2D eigenvalue weighted by Gasteiger charge is 2.43. The highest BCUT2D eigenvalue weighted by Crippen LogP contribution is 2.31. The van der Waals surface area contributed by atoms with Crippen LogP contribution in [0.5, 0.6) is 0 Å². The van der Waals surface area contributed by atoms with Crippen molar-refractivity contribution in [1.82, 2.24) is 5.32 Å². The first kappa shape index (κ1) is 17.4. The Balaban J connectivity index is 2.54. The van der Waals surface area contributed by atoms with Crippen molar-refractivity contribution < 1.29 is 14.3 Å². The molecule has 2 atom stereocenters. The lowest BCUT2D eigenvalue weighted by Gasteiger charge is -2.39. The molecule has 0 aromatic carbocycles. The molecule has 4 heteroatoms. The van der Waals surface area contributed by atoms with Crippen LogP contribution >= 0.6 is 0 Å². The number of esters is 1. The summed E-state index contributed by atoms with van der Waals surface area (Å²) in [6.45, 7) is 8.11. The molecule has 2 unspecified atom stereocenters. The normalized spacial score (nSPS) is 26.4. The summed E-state index contributed by atoms with van der Waals surface area (Å²) in [6.07, 6.45) is 7.38. The highest BCUT2D eigenvalue weighted by atomic mass is 16.5. The van der Waals surface area contributed by atoms with Gasteiger partial charge in [-0.05, 0) is 39.2 Å². The summed E-state index contributed by atoms with van der Waals surface area (Å²) in [6, 6.07) is 0. The van der Waals surface area contributed by atoms with Crippen LogP contribution in [0.15, 0.2) is 0 Å². The Morgan fingerprint density at radius 3 is 2.75 bits per heavy atom. The quantitative estimate of drug-likeness (QED) is 0.522. The van der Waals surface area contributed by atoms with E-state index < -0.39 is 5.54 Å². The van der Waals surface area contributed by atoms with Gasteiger partial charge < -0.3 is 14.8 Å². The van der Waals surface area contributed by atoms with Crippen molar-refractivity contribution in [1.29, 1.82) is 0 Å². The summed E-state index contributed by atoms with van der Waals surface area (Å²) in [5.41, 5.74) is -0.529. The van der Waals surface area contributed by atoms with Crippen molar-refractivity contribution in [2.45, 2.75) is 77.4 Å². The zero-order valence-corrected chi connectivity index (χ0v) is 13.4. The number of unbranched alkanes of at least 4 members (excludes halogenated alkanes) is 2. The number of hydrogen-bond acceptors (Lipinski definition) is 4. The first-order valence-electron chi connectivity index (χ1n) is 8.22. The van der Waals surface area contributed by atoms with Crippen LogP contribution in [0.1, 0.15) is 65.7 Å². The van der Waals surface area contributed by atoms with Gasteiger partial charge in [0.2, 0.25) is 0 Å². The number of likely N-dealkylation sites (N-methyl/N-ethyl adjacent to an activating group) is 1. The van der Waals surface area contributed by atoms with Gasteiger partial charge in [0.25, 0.3) is 0 Å². The lowest BCUT2D eigenvalue weighted by molar-refractivity contribution is -0.155. The van der Waals surface area contributed by atoms with Gasteiger partial charge in [-0.25, -0.2) is 0 Å². The summed E-state index contributed by atoms with van der Waals surface area (Å²) in [5, 5.41) is 3.36. The van der Waals surface area contributed by atoms with E-state index in [1.165, 1.54) is 12.8 Å². The predicted octanol–water partition coefficient (Wildman–Crippen LogP) is 3.05. The van der Waals surface area contributed by atoms with Gasteiger partial charge in [0, 0.05) is 13.0 Å². The summed E-state index contributed by atoms with van der Waals surface area (Å²) in [5.74, 6) is -0.108. The molecule has 0 amide bonds. The highest BCUT2D eigenvalue weighted by molar-refractivity contribution is 5.81. The van der Waals surface area contributed by atoms with Gasteiger partial charge in [0.1, 0.15) is 5.54 Å². The molecular weight excluding hydrogens is 254 g/mol. The van der Waals surface area contributed by atoms with Gasteiger partial charge in [-0.15, -0.1) is 0 Å². The van der Waals surface area contributed by atoms with E-state index in [0.29, 0.717) is 6.61 Å². The molecule has 0 radical (unpaired) electrons. The number of hydrogen-bond donors (Lipinski definition) is 1. The Kier molecular flexibility index (Phi) is 8.15. The van der Waals surface area contributed by atoms with E-state index in [9.17, 15) is 4.79 Å². The van der Waals surface area contributed by atoms with Crippen LogP contribution in [0.4, 0.5) is 0 Å². The molecule has 1 aliphatic carbocycles. The number of nitrogens with one attached hydrogen (secondary N) is 1. The fourth-order valence-electron chi connectivity index (χ4n) is 2.99. The Labute approximate surface area is 123 Å². The number of ether oxygens (including phenoxy) is 2. The van der Waals surface area contributed by atoms with Gasteiger partial charge in [-0.3, -0.25) is 4.79 Å². The molecule has 1 saturated carbocycles. The molecule has 1 N–H and O–H groups in total. The third-order valence-electron chi connectivity index (χ3n) is 3.99. The van der Waals surface area contributed by atoms with Crippen molar-refractivity contribution in [2.75, 3.05) is 19.8 Å². The van der Waals surface area contributed by atoms with E-state index in [1.807, 2.05) is 13.8 Å². The van der Waals surface area contributed by atoms with Crippen LogP contribution in [-0.2, 0) is 14.3 Å². The third kappa shape index (κ3) is 5.06. The second-order valence-electron chi connectivity index (χ2n) is 5.63. The molecule has 0 heterocycles. The van der Waals surface area contributed by atoms with Crippen LogP contribution in [0.3, 0.4) is 0 Å². The molecule has 118 valence electrons. The van der Waals surface area contributed by atoms with E-state index in [0.717, 1.165) is 45.3 Å². The average molecular weight is 285 g/mol. The zero-order chi connectivity index (χ0) is 14.8. The van der Waals surface area contributed by atoms with Crippen LogP contribution in [0, 0.1) is 0 Å². The molecule has 0 aliphatic heterocycles. The standard InChI is InChI=1S/C16H31NO3/c1-4-7-8-12-20-14-10-9-11-16(13-14,17-5-2)15(18)19-6-3/h14,17H,4-13H2,1-3H3. The second-order valence-corrected chi connectivity index (χ2v) is 5.63. The molecule has 1 rings (SSSR count). The van der Waals surface area contributed by atoms with Crippen molar-refractivity contribution in [3.63, 3.8) is 0 Å². The first-order chi connectivity index (χ1) is 9.68. The SMILES string of the molecule is CCCCCOC1CCCC(NCC)(C(=O)OCC)C1. The summed E-state index contributed by atoms with van der Waals surface area (Å²) < 4.78 is 11.2. The first-order valence-corrected chi connectivity index (χ1v) is 8.22. The fraction of sp³-hybridized carbons (Fsp3) is 0.938. The van der Waals surface area contributed by atoms with Crippen LogP contribution in [0.2, 0.25) is 0 Å². The maximum atomic E-state index is 12.3. The van der Waals surface area contributed by atoms with Crippen molar-refractivity contribution in [3.8, 4) is 0 Å². The molecule has 0 spiro atoms. The van der Waals surface area contributed by atoms with Crippen LogP contribution in [-0.4, -0.2) is 37.4 Å². The predicted molar refractivity (Wildman–Crippen MR) is 80.8 cm³/mol. The molecule has 0 aromatic rings. The minimum absolute atomic E-state index is 0.108. The minimum Gasteiger partial charge on any atom is -0.465 e. The van der Waals surface area contributed by atoms with Crippen LogP contribution in [0.25, 0.3) is 0 Å². The molecule has 4 nitrogen and oxygen atoms in total. The average Bonchev–Trinajstić information content (AvgIpc) is 2.45. The van der Waals surface area contributed by atoms with E-state index in [4.69, 9.17) is 9.47 Å². The molecular formula is C16H31NO3. The molecule has 0 aromatic heterocycles. The Bertz CT molecular complexity index is 279. The monoisotopic (exact) mass is 285 g/mol. The number of carbonyl (C=O) groups excluding carboxylic acids is 1. The molecule has 1 aliphatic rings. The Morgan fingerprint density at radius 2 is 2.10 bits per heavy atom. The fourth-order valence-corrected chi connectivity index (χ4v) is 2.99.